The topological polar surface area (TPSA) is 76.8 Å². The second-order valence-corrected chi connectivity index (χ2v) is 7.58. The second kappa shape index (κ2) is 9.63. The number of hydrogen-bond acceptors (Lipinski definition) is 7. The number of nitrogens with zero attached hydrogens (tertiary/aromatic N) is 2. The molecule has 0 bridgehead atoms. The first-order chi connectivity index (χ1) is 14.4. The molecule has 7 nitrogen and oxygen atoms in total. The van der Waals surface area contributed by atoms with E-state index in [4.69, 9.17) is 13.9 Å². The number of pyridine rings is 1. The number of aromatic nitrogens is 1. The van der Waals surface area contributed by atoms with E-state index in [1.54, 1.807) is 19.5 Å². The average molecular weight is 412 g/mol. The summed E-state index contributed by atoms with van der Waals surface area (Å²) in [4.78, 5) is 18.7. The molecular weight excluding hydrogens is 382 g/mol. The van der Waals surface area contributed by atoms with E-state index < -0.39 is 5.63 Å². The molecule has 0 amide bonds. The third-order valence-corrected chi connectivity index (χ3v) is 4.88. The van der Waals surface area contributed by atoms with Gasteiger partial charge in [-0.2, -0.15) is 0 Å². The number of methoxy groups -OCH3 is 1. The molecule has 0 atom stereocenters. The van der Waals surface area contributed by atoms with Gasteiger partial charge in [0.15, 0.2) is 11.3 Å². The molecule has 0 fully saturated rings. The molecule has 3 rings (SSSR count). The van der Waals surface area contributed by atoms with Gasteiger partial charge in [-0.3, -0.25) is 4.98 Å². The number of unbranched alkanes of at least 4 members (excludes halogenated alkanes) is 1. The van der Waals surface area contributed by atoms with Crippen LogP contribution in [0.15, 0.2) is 39.8 Å². The summed E-state index contributed by atoms with van der Waals surface area (Å²) in [6.45, 7) is 5.44. The minimum Gasteiger partial charge on any atom is -0.493 e. The summed E-state index contributed by atoms with van der Waals surface area (Å²) in [7, 11) is 5.66. The van der Waals surface area contributed by atoms with Crippen molar-refractivity contribution in [3.8, 4) is 11.5 Å². The van der Waals surface area contributed by atoms with Crippen molar-refractivity contribution in [3.63, 3.8) is 0 Å². The van der Waals surface area contributed by atoms with Gasteiger partial charge < -0.3 is 24.1 Å². The van der Waals surface area contributed by atoms with E-state index in [2.05, 4.69) is 15.2 Å². The molecule has 2 aromatic heterocycles. The third kappa shape index (κ3) is 4.91. The van der Waals surface area contributed by atoms with Crippen molar-refractivity contribution in [1.29, 1.82) is 0 Å². The van der Waals surface area contributed by atoms with Gasteiger partial charge in [0.05, 0.1) is 19.4 Å². The minimum absolute atomic E-state index is 0.376. The normalized spacial score (nSPS) is 11.1. The van der Waals surface area contributed by atoms with Gasteiger partial charge >= 0.3 is 5.63 Å². The van der Waals surface area contributed by atoms with E-state index in [0.717, 1.165) is 41.6 Å². The Morgan fingerprint density at radius 3 is 2.53 bits per heavy atom. The molecule has 0 spiro atoms. The Hall–Kier alpha value is -3.06. The Labute approximate surface area is 176 Å². The first-order valence-corrected chi connectivity index (χ1v) is 10.0. The van der Waals surface area contributed by atoms with Crippen molar-refractivity contribution in [2.75, 3.05) is 39.7 Å². The van der Waals surface area contributed by atoms with E-state index in [-0.39, 0.29) is 0 Å². The molecule has 0 aliphatic heterocycles. The number of hydrogen-bond donors (Lipinski definition) is 1. The van der Waals surface area contributed by atoms with Crippen LogP contribution in [0.5, 0.6) is 11.5 Å². The van der Waals surface area contributed by atoms with Crippen LogP contribution in [0.25, 0.3) is 11.0 Å². The third-order valence-electron chi connectivity index (χ3n) is 4.88. The fourth-order valence-corrected chi connectivity index (χ4v) is 3.32. The fraction of sp³-hybridized carbons (Fsp3) is 0.391. The minimum atomic E-state index is -0.458. The van der Waals surface area contributed by atoms with Crippen molar-refractivity contribution >= 4 is 22.3 Å². The van der Waals surface area contributed by atoms with Gasteiger partial charge in [0.1, 0.15) is 0 Å². The van der Waals surface area contributed by atoms with Crippen molar-refractivity contribution in [2.45, 2.75) is 26.7 Å². The Morgan fingerprint density at radius 2 is 1.87 bits per heavy atom. The number of nitrogens with one attached hydrogen (secondary N) is 1. The molecule has 0 saturated heterocycles. The SMILES string of the molecule is COc1ccc2c(Nc3c(C)cncc3C)cc(=O)oc2c1OCCCCN(C)C. The maximum absolute atomic E-state index is 12.3. The summed E-state index contributed by atoms with van der Waals surface area (Å²) in [5.74, 6) is 0.982. The summed E-state index contributed by atoms with van der Waals surface area (Å²) >= 11 is 0. The van der Waals surface area contributed by atoms with Crippen LogP contribution in [0.2, 0.25) is 0 Å². The highest BCUT2D eigenvalue weighted by molar-refractivity contribution is 5.96. The molecule has 1 N–H and O–H groups in total. The fourth-order valence-electron chi connectivity index (χ4n) is 3.32. The zero-order valence-corrected chi connectivity index (χ0v) is 18.2. The van der Waals surface area contributed by atoms with Crippen LogP contribution in [0.3, 0.4) is 0 Å². The monoisotopic (exact) mass is 411 g/mol. The molecule has 1 aromatic carbocycles. The smallest absolute Gasteiger partial charge is 0.338 e. The number of ether oxygens (including phenoxy) is 2. The Kier molecular flexibility index (Phi) is 6.95. The number of anilines is 2. The summed E-state index contributed by atoms with van der Waals surface area (Å²) in [5.41, 5.74) is 3.46. The summed E-state index contributed by atoms with van der Waals surface area (Å²) in [6, 6.07) is 5.15. The molecule has 0 unspecified atom stereocenters. The maximum Gasteiger partial charge on any atom is 0.338 e. The van der Waals surface area contributed by atoms with E-state index in [1.807, 2.05) is 40.1 Å². The summed E-state index contributed by atoms with van der Waals surface area (Å²) in [6.07, 6.45) is 5.47. The number of benzene rings is 1. The lowest BCUT2D eigenvalue weighted by molar-refractivity contribution is 0.276. The highest BCUT2D eigenvalue weighted by Gasteiger charge is 2.17. The van der Waals surface area contributed by atoms with Gasteiger partial charge in [-0.25, -0.2) is 4.79 Å². The van der Waals surface area contributed by atoms with Crippen molar-refractivity contribution in [3.05, 3.63) is 52.1 Å². The molecule has 0 aliphatic carbocycles. The molecule has 7 heteroatoms. The lowest BCUT2D eigenvalue weighted by Crippen LogP contribution is -2.14. The predicted octanol–water partition coefficient (Wildman–Crippen LogP) is 4.28. The van der Waals surface area contributed by atoms with Gasteiger partial charge in [-0.15, -0.1) is 0 Å². The largest absolute Gasteiger partial charge is 0.493 e. The van der Waals surface area contributed by atoms with Crippen molar-refractivity contribution < 1.29 is 13.9 Å². The number of fused-ring (bicyclic) bond motifs is 1. The maximum atomic E-state index is 12.3. The van der Waals surface area contributed by atoms with E-state index >= 15 is 0 Å². The molecule has 2 heterocycles. The van der Waals surface area contributed by atoms with Crippen molar-refractivity contribution in [1.82, 2.24) is 9.88 Å². The number of aryl methyl sites for hydroxylation is 2. The van der Waals surface area contributed by atoms with Crippen LogP contribution in [0, 0.1) is 13.8 Å². The zero-order chi connectivity index (χ0) is 21.7. The average Bonchev–Trinajstić information content (AvgIpc) is 2.70. The van der Waals surface area contributed by atoms with Crippen molar-refractivity contribution in [2.24, 2.45) is 0 Å². The first-order valence-electron chi connectivity index (χ1n) is 10.0. The Balaban J connectivity index is 1.98. The van der Waals surface area contributed by atoms with E-state index in [1.165, 1.54) is 6.07 Å². The van der Waals surface area contributed by atoms with Gasteiger partial charge in [0.2, 0.25) is 5.75 Å². The highest BCUT2D eigenvalue weighted by atomic mass is 16.5. The second-order valence-electron chi connectivity index (χ2n) is 7.58. The lowest BCUT2D eigenvalue weighted by atomic mass is 10.1. The molecule has 3 aromatic rings. The van der Waals surface area contributed by atoms with Crippen LogP contribution in [0.4, 0.5) is 11.4 Å². The van der Waals surface area contributed by atoms with Crippen LogP contribution in [-0.2, 0) is 0 Å². The zero-order valence-electron chi connectivity index (χ0n) is 18.2. The van der Waals surface area contributed by atoms with Crippen LogP contribution >= 0.6 is 0 Å². The molecule has 0 saturated carbocycles. The molecule has 0 aliphatic rings. The lowest BCUT2D eigenvalue weighted by Gasteiger charge is -2.16. The van der Waals surface area contributed by atoms with E-state index in [0.29, 0.717) is 29.4 Å². The van der Waals surface area contributed by atoms with Gasteiger partial charge in [0, 0.05) is 29.5 Å². The van der Waals surface area contributed by atoms with Crippen LogP contribution in [0.1, 0.15) is 24.0 Å². The first kappa shape index (κ1) is 21.6. The molecule has 160 valence electrons. The van der Waals surface area contributed by atoms with Gasteiger partial charge in [-0.05, 0) is 70.6 Å². The molecular formula is C23H29N3O4. The Morgan fingerprint density at radius 1 is 1.13 bits per heavy atom. The summed E-state index contributed by atoms with van der Waals surface area (Å²) in [5, 5.41) is 4.12. The predicted molar refractivity (Wildman–Crippen MR) is 119 cm³/mol. The molecule has 30 heavy (non-hydrogen) atoms. The standard InChI is InChI=1S/C23H29N3O4/c1-15-13-24-14-16(2)21(15)25-18-12-20(27)30-22-17(18)8-9-19(28-5)23(22)29-11-7-6-10-26(3)4/h8-9,12-14H,6-7,10-11H2,1-5H3,(H,24,25). The molecule has 0 radical (unpaired) electrons. The van der Waals surface area contributed by atoms with Crippen LogP contribution < -0.4 is 20.4 Å². The van der Waals surface area contributed by atoms with Gasteiger partial charge in [0.25, 0.3) is 0 Å². The van der Waals surface area contributed by atoms with Crippen LogP contribution in [-0.4, -0.2) is 44.2 Å². The van der Waals surface area contributed by atoms with Gasteiger partial charge in [-0.1, -0.05) is 0 Å². The highest BCUT2D eigenvalue weighted by Crippen LogP contribution is 2.38. The summed E-state index contributed by atoms with van der Waals surface area (Å²) < 4.78 is 17.0. The number of rotatable bonds is 9. The van der Waals surface area contributed by atoms with E-state index in [9.17, 15) is 4.79 Å². The quantitative estimate of drug-likeness (QED) is 0.416. The Bertz CT molecular complexity index is 1060.